The van der Waals surface area contributed by atoms with Gasteiger partial charge in [0.1, 0.15) is 4.64 Å². The predicted octanol–water partition coefficient (Wildman–Crippen LogP) is 3.26. The Morgan fingerprint density at radius 3 is 2.54 bits per heavy atom. The number of aromatic nitrogens is 1. The second-order valence-corrected chi connectivity index (χ2v) is 3.56. The number of rotatable bonds is 0. The van der Waals surface area contributed by atoms with Gasteiger partial charge in [0.15, 0.2) is 0 Å². The van der Waals surface area contributed by atoms with Crippen LogP contribution in [0.3, 0.4) is 0 Å². The summed E-state index contributed by atoms with van der Waals surface area (Å²) in [5.74, 6) is 0. The van der Waals surface area contributed by atoms with Crippen LogP contribution < -0.4 is 0 Å². The molecule has 0 bridgehead atoms. The Morgan fingerprint density at radius 2 is 1.69 bits per heavy atom. The lowest BCUT2D eigenvalue weighted by molar-refractivity contribution is 1.18. The molecule has 0 radical (unpaired) electrons. The smallest absolute Gasteiger partial charge is 0.110 e. The lowest BCUT2D eigenvalue weighted by Crippen LogP contribution is -1.84. The Bertz CT molecular complexity index is 624. The Labute approximate surface area is 80.6 Å². The number of hydrogen-bond acceptors (Lipinski definition) is 1. The Kier molecular flexibility index (Phi) is 1.24. The normalized spacial score (nSPS) is 11.4. The summed E-state index contributed by atoms with van der Waals surface area (Å²) in [5.41, 5.74) is 1.23. The molecular weight excluding hydrogens is 178 g/mol. The summed E-state index contributed by atoms with van der Waals surface area (Å²) < 4.78 is 2.92. The number of para-hydroxylation sites is 1. The van der Waals surface area contributed by atoms with Gasteiger partial charge in [0.2, 0.25) is 0 Å². The van der Waals surface area contributed by atoms with Crippen molar-refractivity contribution >= 4 is 28.5 Å². The van der Waals surface area contributed by atoms with Crippen LogP contribution in [0.5, 0.6) is 0 Å². The molecule has 0 fully saturated rings. The van der Waals surface area contributed by atoms with Gasteiger partial charge in [-0.05, 0) is 23.6 Å². The molecule has 0 aliphatic heterocycles. The summed E-state index contributed by atoms with van der Waals surface area (Å²) in [4.78, 5) is 0. The first-order valence-electron chi connectivity index (χ1n) is 4.19. The van der Waals surface area contributed by atoms with Crippen LogP contribution in [0.2, 0.25) is 0 Å². The molecule has 3 rings (SSSR count). The fourth-order valence-corrected chi connectivity index (χ4v) is 2.00. The Hall–Kier alpha value is -1.41. The zero-order valence-corrected chi connectivity index (χ0v) is 7.71. The van der Waals surface area contributed by atoms with Gasteiger partial charge >= 0.3 is 0 Å². The van der Waals surface area contributed by atoms with Crippen molar-refractivity contribution in [3.63, 3.8) is 0 Å². The molecule has 1 aromatic carbocycles. The third kappa shape index (κ3) is 0.835. The molecular formula is C11H7NS. The highest BCUT2D eigenvalue weighted by Gasteiger charge is 2.01. The summed E-state index contributed by atoms with van der Waals surface area (Å²) >= 11 is 5.22. The fourth-order valence-electron chi connectivity index (χ4n) is 1.78. The van der Waals surface area contributed by atoms with E-state index >= 15 is 0 Å². The van der Waals surface area contributed by atoms with Crippen molar-refractivity contribution in [2.75, 3.05) is 0 Å². The standard InChI is InChI=1S/C11H7NS/c13-10-5-4-8-2-1-3-9-6-7-12(10)11(8)9/h1-7H. The molecule has 3 aromatic rings. The van der Waals surface area contributed by atoms with Gasteiger partial charge in [-0.2, -0.15) is 0 Å². The second-order valence-electron chi connectivity index (χ2n) is 3.14. The van der Waals surface area contributed by atoms with E-state index in [0.717, 1.165) is 4.64 Å². The largest absolute Gasteiger partial charge is 0.307 e. The third-order valence-corrected chi connectivity index (χ3v) is 2.72. The first-order valence-corrected chi connectivity index (χ1v) is 4.59. The molecule has 0 saturated heterocycles. The van der Waals surface area contributed by atoms with Crippen LogP contribution in [0.25, 0.3) is 16.3 Å². The first kappa shape index (κ1) is 7.04. The van der Waals surface area contributed by atoms with Gasteiger partial charge in [-0.1, -0.05) is 30.4 Å². The van der Waals surface area contributed by atoms with E-state index in [0.29, 0.717) is 0 Å². The summed E-state index contributed by atoms with van der Waals surface area (Å²) in [6.07, 6.45) is 2.03. The van der Waals surface area contributed by atoms with Crippen molar-refractivity contribution in [3.8, 4) is 0 Å². The van der Waals surface area contributed by atoms with Gasteiger partial charge in [-0.15, -0.1) is 0 Å². The van der Waals surface area contributed by atoms with Crippen molar-refractivity contribution in [2.45, 2.75) is 0 Å². The zero-order valence-electron chi connectivity index (χ0n) is 6.90. The summed E-state index contributed by atoms with van der Waals surface area (Å²) in [6, 6.07) is 12.4. The lowest BCUT2D eigenvalue weighted by Gasteiger charge is -1.99. The molecule has 13 heavy (non-hydrogen) atoms. The second kappa shape index (κ2) is 2.30. The summed E-state index contributed by atoms with van der Waals surface area (Å²) in [7, 11) is 0. The summed E-state index contributed by atoms with van der Waals surface area (Å²) in [6.45, 7) is 0. The molecule has 0 atom stereocenters. The third-order valence-electron chi connectivity index (χ3n) is 2.39. The minimum atomic E-state index is 0.869. The zero-order chi connectivity index (χ0) is 8.84. The highest BCUT2D eigenvalue weighted by Crippen LogP contribution is 2.21. The topological polar surface area (TPSA) is 4.41 Å². The first-order chi connectivity index (χ1) is 6.36. The van der Waals surface area contributed by atoms with E-state index in [1.807, 2.05) is 12.3 Å². The number of hydrogen-bond donors (Lipinski definition) is 0. The number of benzene rings is 1. The molecule has 0 aliphatic rings. The average Bonchev–Trinajstić information content (AvgIpc) is 2.57. The van der Waals surface area contributed by atoms with Crippen LogP contribution >= 0.6 is 12.2 Å². The van der Waals surface area contributed by atoms with E-state index in [4.69, 9.17) is 12.2 Å². The van der Waals surface area contributed by atoms with Crippen molar-refractivity contribution in [1.29, 1.82) is 0 Å². The van der Waals surface area contributed by atoms with E-state index < -0.39 is 0 Å². The van der Waals surface area contributed by atoms with Crippen molar-refractivity contribution in [1.82, 2.24) is 4.40 Å². The average molecular weight is 185 g/mol. The van der Waals surface area contributed by atoms with Gasteiger partial charge in [-0.25, -0.2) is 0 Å². The van der Waals surface area contributed by atoms with Gasteiger partial charge in [0, 0.05) is 11.6 Å². The van der Waals surface area contributed by atoms with E-state index in [-0.39, 0.29) is 0 Å². The lowest BCUT2D eigenvalue weighted by atomic mass is 10.2. The van der Waals surface area contributed by atoms with Crippen LogP contribution in [0.1, 0.15) is 0 Å². The molecule has 2 aromatic heterocycles. The Morgan fingerprint density at radius 1 is 0.923 bits per heavy atom. The van der Waals surface area contributed by atoms with E-state index in [1.165, 1.54) is 16.3 Å². The number of nitrogens with zero attached hydrogens (tertiary/aromatic N) is 1. The van der Waals surface area contributed by atoms with Crippen LogP contribution in [0.15, 0.2) is 42.6 Å². The maximum absolute atomic E-state index is 5.22. The molecule has 2 heterocycles. The molecule has 0 N–H and O–H groups in total. The van der Waals surface area contributed by atoms with Gasteiger partial charge in [0.05, 0.1) is 5.52 Å². The van der Waals surface area contributed by atoms with Crippen molar-refractivity contribution in [2.24, 2.45) is 0 Å². The van der Waals surface area contributed by atoms with Crippen molar-refractivity contribution in [3.05, 3.63) is 47.2 Å². The molecule has 0 saturated carbocycles. The van der Waals surface area contributed by atoms with Gasteiger partial charge < -0.3 is 4.40 Å². The van der Waals surface area contributed by atoms with E-state index in [9.17, 15) is 0 Å². The van der Waals surface area contributed by atoms with E-state index in [1.54, 1.807) is 0 Å². The molecule has 0 aliphatic carbocycles. The van der Waals surface area contributed by atoms with E-state index in [2.05, 4.69) is 34.7 Å². The maximum atomic E-state index is 5.22. The minimum absolute atomic E-state index is 0.869. The number of pyridine rings is 1. The van der Waals surface area contributed by atoms with Crippen LogP contribution in [0.4, 0.5) is 0 Å². The SMILES string of the molecule is S=c1ccc2cccc3ccn1c23. The highest BCUT2D eigenvalue weighted by molar-refractivity contribution is 7.71. The highest BCUT2D eigenvalue weighted by atomic mass is 32.1. The molecule has 62 valence electrons. The van der Waals surface area contributed by atoms with Gasteiger partial charge in [-0.3, -0.25) is 0 Å². The molecule has 0 amide bonds. The molecule has 0 unspecified atom stereocenters. The summed E-state index contributed by atoms with van der Waals surface area (Å²) in [5, 5.41) is 2.50. The fraction of sp³-hybridized carbons (Fsp3) is 0. The molecule has 0 spiro atoms. The molecule has 2 heteroatoms. The quantitative estimate of drug-likeness (QED) is 0.486. The maximum Gasteiger partial charge on any atom is 0.110 e. The molecule has 1 nitrogen and oxygen atoms in total. The Balaban J connectivity index is 2.81. The van der Waals surface area contributed by atoms with Gasteiger partial charge in [0.25, 0.3) is 0 Å². The monoisotopic (exact) mass is 185 g/mol. The minimum Gasteiger partial charge on any atom is -0.307 e. The van der Waals surface area contributed by atoms with Crippen LogP contribution in [-0.4, -0.2) is 4.40 Å². The van der Waals surface area contributed by atoms with Crippen LogP contribution in [0, 0.1) is 4.64 Å². The predicted molar refractivity (Wildman–Crippen MR) is 56.9 cm³/mol. The van der Waals surface area contributed by atoms with Crippen LogP contribution in [-0.2, 0) is 0 Å². The van der Waals surface area contributed by atoms with Crippen molar-refractivity contribution < 1.29 is 0 Å².